The highest BCUT2D eigenvalue weighted by molar-refractivity contribution is 9.10. The number of rotatable bonds is 7. The quantitative estimate of drug-likeness (QED) is 0.169. The third-order valence-electron chi connectivity index (χ3n) is 5.01. The molecule has 172 valence electrons. The first-order valence-corrected chi connectivity index (χ1v) is 11.1. The van der Waals surface area contributed by atoms with Gasteiger partial charge in [-0.2, -0.15) is 0 Å². The maximum absolute atomic E-state index is 13.3. The van der Waals surface area contributed by atoms with Gasteiger partial charge in [0.25, 0.3) is 5.69 Å². The van der Waals surface area contributed by atoms with E-state index in [0.717, 1.165) is 10.0 Å². The lowest BCUT2D eigenvalue weighted by Gasteiger charge is -2.11. The van der Waals surface area contributed by atoms with Crippen LogP contribution in [0.4, 0.5) is 5.69 Å². The highest BCUT2D eigenvalue weighted by Gasteiger charge is 2.23. The van der Waals surface area contributed by atoms with E-state index in [2.05, 4.69) is 15.9 Å². The molecule has 0 amide bonds. The van der Waals surface area contributed by atoms with Crippen LogP contribution < -0.4 is 10.2 Å². The number of ether oxygens (including phenoxy) is 2. The second kappa shape index (κ2) is 9.88. The van der Waals surface area contributed by atoms with E-state index in [-0.39, 0.29) is 46.6 Å². The molecular weight excluding hydrogens is 506 g/mol. The number of carbonyl (C=O) groups excluding carboxylic acids is 1. The predicted molar refractivity (Wildman–Crippen MR) is 129 cm³/mol. The van der Waals surface area contributed by atoms with Crippen LogP contribution >= 0.6 is 15.9 Å². The molecular formula is C25H18BrNO7. The minimum atomic E-state index is -0.739. The van der Waals surface area contributed by atoms with Crippen LogP contribution in [-0.4, -0.2) is 17.5 Å². The van der Waals surface area contributed by atoms with Crippen LogP contribution in [0.15, 0.2) is 80.4 Å². The van der Waals surface area contributed by atoms with Crippen LogP contribution in [-0.2, 0) is 11.3 Å². The number of nitrogens with zero attached hydrogens (tertiary/aromatic N) is 1. The largest absolute Gasteiger partial charge is 0.489 e. The normalized spacial score (nSPS) is 10.8. The summed E-state index contributed by atoms with van der Waals surface area (Å²) in [5, 5.41) is 11.1. The Balaban J connectivity index is 1.71. The number of hydrogen-bond acceptors (Lipinski definition) is 7. The summed E-state index contributed by atoms with van der Waals surface area (Å²) >= 11 is 3.36. The van der Waals surface area contributed by atoms with Gasteiger partial charge in [-0.3, -0.25) is 14.9 Å². The summed E-state index contributed by atoms with van der Waals surface area (Å²) in [6.07, 6.45) is 0. The predicted octanol–water partition coefficient (Wildman–Crippen LogP) is 5.89. The molecule has 0 saturated heterocycles. The minimum Gasteiger partial charge on any atom is -0.489 e. The Hall–Kier alpha value is -3.98. The third-order valence-corrected chi connectivity index (χ3v) is 5.54. The maximum atomic E-state index is 13.3. The van der Waals surface area contributed by atoms with Crippen molar-refractivity contribution < 1.29 is 23.6 Å². The number of benzene rings is 3. The summed E-state index contributed by atoms with van der Waals surface area (Å²) in [6, 6.07) is 17.7. The van der Waals surface area contributed by atoms with Crippen molar-refractivity contribution in [2.75, 3.05) is 6.61 Å². The first-order chi connectivity index (χ1) is 16.4. The zero-order valence-electron chi connectivity index (χ0n) is 17.9. The van der Waals surface area contributed by atoms with E-state index in [9.17, 15) is 19.7 Å². The van der Waals surface area contributed by atoms with E-state index in [1.54, 1.807) is 55.5 Å². The average molecular weight is 524 g/mol. The highest BCUT2D eigenvalue weighted by atomic mass is 79.9. The molecule has 3 aromatic carbocycles. The molecule has 0 bridgehead atoms. The molecule has 0 radical (unpaired) electrons. The first kappa shape index (κ1) is 23.2. The van der Waals surface area contributed by atoms with Crippen molar-refractivity contribution >= 4 is 38.6 Å². The summed E-state index contributed by atoms with van der Waals surface area (Å²) in [5.74, 6) is -0.522. The summed E-state index contributed by atoms with van der Waals surface area (Å²) in [7, 11) is 0. The molecule has 4 aromatic rings. The standard InChI is InChI=1S/C25H18BrNO7/c1-2-32-25(29)24-22(16-5-7-17(26)8-6-16)23(28)20-12-11-19(13-21(20)34-24)33-14-15-3-9-18(10-4-15)27(30)31/h3-13H,2,14H2,1H3. The van der Waals surface area contributed by atoms with E-state index in [1.807, 2.05) is 0 Å². The topological polar surface area (TPSA) is 109 Å². The van der Waals surface area contributed by atoms with Crippen LogP contribution in [0, 0.1) is 10.1 Å². The van der Waals surface area contributed by atoms with Crippen molar-refractivity contribution in [1.29, 1.82) is 0 Å². The number of fused-ring (bicyclic) bond motifs is 1. The number of non-ortho nitro benzene ring substituents is 1. The molecule has 9 heteroatoms. The van der Waals surface area contributed by atoms with Gasteiger partial charge in [-0.05, 0) is 54.4 Å². The van der Waals surface area contributed by atoms with Crippen molar-refractivity contribution in [1.82, 2.24) is 0 Å². The van der Waals surface area contributed by atoms with E-state index >= 15 is 0 Å². The number of esters is 1. The minimum absolute atomic E-state index is 0.00990. The lowest BCUT2D eigenvalue weighted by Crippen LogP contribution is -2.15. The molecule has 1 aromatic heterocycles. The number of nitro groups is 1. The zero-order valence-corrected chi connectivity index (χ0v) is 19.5. The smallest absolute Gasteiger partial charge is 0.375 e. The number of hydrogen-bond donors (Lipinski definition) is 0. The van der Waals surface area contributed by atoms with Gasteiger partial charge in [0, 0.05) is 22.7 Å². The van der Waals surface area contributed by atoms with Gasteiger partial charge in [-0.1, -0.05) is 28.1 Å². The third kappa shape index (κ3) is 4.84. The SMILES string of the molecule is CCOC(=O)c1oc2cc(OCc3ccc([N+](=O)[O-])cc3)ccc2c(=O)c1-c1ccc(Br)cc1. The average Bonchev–Trinajstić information content (AvgIpc) is 2.83. The fraction of sp³-hybridized carbons (Fsp3) is 0.120. The van der Waals surface area contributed by atoms with Crippen molar-refractivity contribution in [3.63, 3.8) is 0 Å². The summed E-state index contributed by atoms with van der Waals surface area (Å²) in [6.45, 7) is 1.94. The molecule has 0 aliphatic carbocycles. The molecule has 1 heterocycles. The fourth-order valence-electron chi connectivity index (χ4n) is 3.36. The molecule has 34 heavy (non-hydrogen) atoms. The Morgan fingerprint density at radius 1 is 1.06 bits per heavy atom. The van der Waals surface area contributed by atoms with Gasteiger partial charge in [-0.15, -0.1) is 0 Å². The van der Waals surface area contributed by atoms with Crippen LogP contribution in [0.3, 0.4) is 0 Å². The zero-order chi connectivity index (χ0) is 24.2. The van der Waals surface area contributed by atoms with Gasteiger partial charge in [0.15, 0.2) is 0 Å². The summed E-state index contributed by atoms with van der Waals surface area (Å²) in [5.41, 5.74) is 1.18. The van der Waals surface area contributed by atoms with Gasteiger partial charge in [0.2, 0.25) is 11.2 Å². The molecule has 0 aliphatic heterocycles. The lowest BCUT2D eigenvalue weighted by molar-refractivity contribution is -0.384. The summed E-state index contributed by atoms with van der Waals surface area (Å²) in [4.78, 5) is 36.3. The van der Waals surface area contributed by atoms with Crippen molar-refractivity contribution in [3.05, 3.63) is 103 Å². The van der Waals surface area contributed by atoms with Gasteiger partial charge < -0.3 is 13.9 Å². The number of halogens is 1. The molecule has 0 unspecified atom stereocenters. The van der Waals surface area contributed by atoms with Gasteiger partial charge in [0.05, 0.1) is 22.5 Å². The van der Waals surface area contributed by atoms with Crippen molar-refractivity contribution in [2.24, 2.45) is 0 Å². The van der Waals surface area contributed by atoms with Crippen molar-refractivity contribution in [3.8, 4) is 16.9 Å². The second-order valence-electron chi connectivity index (χ2n) is 7.23. The van der Waals surface area contributed by atoms with E-state index in [0.29, 0.717) is 11.3 Å². The molecule has 0 N–H and O–H groups in total. The molecule has 0 atom stereocenters. The van der Waals surface area contributed by atoms with Gasteiger partial charge in [-0.25, -0.2) is 4.79 Å². The fourth-order valence-corrected chi connectivity index (χ4v) is 3.63. The van der Waals surface area contributed by atoms with Crippen molar-refractivity contribution in [2.45, 2.75) is 13.5 Å². The van der Waals surface area contributed by atoms with Gasteiger partial charge in [0.1, 0.15) is 17.9 Å². The Bertz CT molecular complexity index is 1430. The molecule has 4 rings (SSSR count). The number of carbonyl (C=O) groups is 1. The lowest BCUT2D eigenvalue weighted by atomic mass is 10.0. The molecule has 0 spiro atoms. The Morgan fingerprint density at radius 3 is 2.41 bits per heavy atom. The first-order valence-electron chi connectivity index (χ1n) is 10.3. The Morgan fingerprint density at radius 2 is 1.76 bits per heavy atom. The maximum Gasteiger partial charge on any atom is 0.375 e. The molecule has 0 fully saturated rings. The highest BCUT2D eigenvalue weighted by Crippen LogP contribution is 2.29. The molecule has 8 nitrogen and oxygen atoms in total. The Labute approximate surface area is 202 Å². The summed E-state index contributed by atoms with van der Waals surface area (Å²) < 4.78 is 17.6. The van der Waals surface area contributed by atoms with Crippen LogP contribution in [0.1, 0.15) is 23.0 Å². The molecule has 0 saturated carbocycles. The van der Waals surface area contributed by atoms with E-state index in [4.69, 9.17) is 13.9 Å². The molecule has 0 aliphatic rings. The van der Waals surface area contributed by atoms with E-state index in [1.165, 1.54) is 18.2 Å². The van der Waals surface area contributed by atoms with Crippen LogP contribution in [0.2, 0.25) is 0 Å². The van der Waals surface area contributed by atoms with Gasteiger partial charge >= 0.3 is 5.97 Å². The van der Waals surface area contributed by atoms with Crippen LogP contribution in [0.5, 0.6) is 5.75 Å². The second-order valence-corrected chi connectivity index (χ2v) is 8.15. The monoisotopic (exact) mass is 523 g/mol. The number of nitro benzene ring substituents is 1. The van der Waals surface area contributed by atoms with E-state index < -0.39 is 10.9 Å². The van der Waals surface area contributed by atoms with Crippen LogP contribution in [0.25, 0.3) is 22.1 Å². The Kier molecular flexibility index (Phi) is 6.74.